The van der Waals surface area contributed by atoms with Crippen molar-refractivity contribution in [1.82, 2.24) is 4.98 Å². The summed E-state index contributed by atoms with van der Waals surface area (Å²) < 4.78 is 10.4. The van der Waals surface area contributed by atoms with Gasteiger partial charge in [0.25, 0.3) is 0 Å². The van der Waals surface area contributed by atoms with E-state index in [-0.39, 0.29) is 12.6 Å². The maximum absolute atomic E-state index is 11.5. The summed E-state index contributed by atoms with van der Waals surface area (Å²) in [7, 11) is 0. The minimum atomic E-state index is -0.367. The maximum Gasteiger partial charge on any atom is 0.344 e. The lowest BCUT2D eigenvalue weighted by atomic mass is 10.2. The molecule has 3 aromatic rings. The Morgan fingerprint density at radius 3 is 2.63 bits per heavy atom. The molecule has 0 saturated heterocycles. The molecule has 0 bridgehead atoms. The molecular formula is C22H21Cl2NO3S2. The van der Waals surface area contributed by atoms with Gasteiger partial charge in [-0.25, -0.2) is 9.78 Å². The molecule has 0 aliphatic rings. The van der Waals surface area contributed by atoms with Crippen molar-refractivity contribution in [3.8, 4) is 16.3 Å². The van der Waals surface area contributed by atoms with E-state index in [0.29, 0.717) is 22.4 Å². The van der Waals surface area contributed by atoms with Gasteiger partial charge in [0.2, 0.25) is 0 Å². The zero-order chi connectivity index (χ0) is 21.7. The van der Waals surface area contributed by atoms with E-state index < -0.39 is 0 Å². The molecular weight excluding hydrogens is 461 g/mol. The molecule has 0 aliphatic heterocycles. The van der Waals surface area contributed by atoms with Crippen LogP contribution in [0.3, 0.4) is 0 Å². The smallest absolute Gasteiger partial charge is 0.344 e. The second kappa shape index (κ2) is 10.5. The van der Waals surface area contributed by atoms with Gasteiger partial charge < -0.3 is 9.47 Å². The van der Waals surface area contributed by atoms with Crippen molar-refractivity contribution in [2.75, 3.05) is 13.2 Å². The summed E-state index contributed by atoms with van der Waals surface area (Å²) in [6.45, 7) is 6.02. The van der Waals surface area contributed by atoms with Crippen molar-refractivity contribution < 1.29 is 14.3 Å². The third-order valence-electron chi connectivity index (χ3n) is 4.23. The number of aromatic nitrogens is 1. The number of carbonyl (C=O) groups is 1. The standard InChI is InChI=1S/C22H21Cl2NO3S2/c1-4-27-21(26)11-28-19-8-6-16(9-13(19)2)29-12-20-14(3)25-22(30-20)15-5-7-17(23)18(24)10-15/h5-10H,4,11-12H2,1-3H3. The highest BCUT2D eigenvalue weighted by molar-refractivity contribution is 7.98. The van der Waals surface area contributed by atoms with Crippen LogP contribution in [0.25, 0.3) is 10.6 Å². The molecule has 0 aliphatic carbocycles. The normalized spacial score (nSPS) is 10.8. The van der Waals surface area contributed by atoms with Crippen molar-refractivity contribution in [2.24, 2.45) is 0 Å². The van der Waals surface area contributed by atoms with E-state index in [9.17, 15) is 4.79 Å². The Hall–Kier alpha value is -1.73. The van der Waals surface area contributed by atoms with Gasteiger partial charge in [0, 0.05) is 21.1 Å². The average Bonchev–Trinajstić information content (AvgIpc) is 3.08. The number of esters is 1. The first-order valence-electron chi connectivity index (χ1n) is 9.31. The fraction of sp³-hybridized carbons (Fsp3) is 0.273. The third-order valence-corrected chi connectivity index (χ3v) is 7.37. The van der Waals surface area contributed by atoms with Crippen LogP contribution in [-0.4, -0.2) is 24.2 Å². The molecule has 1 heterocycles. The number of hydrogen-bond donors (Lipinski definition) is 0. The van der Waals surface area contributed by atoms with Crippen LogP contribution in [0.2, 0.25) is 10.0 Å². The first-order valence-corrected chi connectivity index (χ1v) is 11.9. The number of aryl methyl sites for hydroxylation is 2. The Morgan fingerprint density at radius 1 is 1.13 bits per heavy atom. The monoisotopic (exact) mass is 481 g/mol. The molecule has 0 N–H and O–H groups in total. The fourth-order valence-corrected chi connectivity index (χ4v) is 5.17. The van der Waals surface area contributed by atoms with Crippen LogP contribution < -0.4 is 4.74 Å². The molecule has 3 rings (SSSR count). The van der Waals surface area contributed by atoms with Gasteiger partial charge in [-0.1, -0.05) is 29.3 Å². The Morgan fingerprint density at radius 2 is 1.93 bits per heavy atom. The topological polar surface area (TPSA) is 48.4 Å². The number of rotatable bonds is 8. The largest absolute Gasteiger partial charge is 0.482 e. The molecule has 0 amide bonds. The molecule has 0 fully saturated rings. The van der Waals surface area contributed by atoms with Gasteiger partial charge in [0.05, 0.1) is 22.3 Å². The van der Waals surface area contributed by atoms with E-state index in [1.807, 2.05) is 38.1 Å². The van der Waals surface area contributed by atoms with E-state index in [0.717, 1.165) is 32.5 Å². The van der Waals surface area contributed by atoms with Gasteiger partial charge in [-0.15, -0.1) is 23.1 Å². The predicted molar refractivity (Wildman–Crippen MR) is 125 cm³/mol. The molecule has 30 heavy (non-hydrogen) atoms. The highest BCUT2D eigenvalue weighted by atomic mass is 35.5. The number of benzene rings is 2. The van der Waals surface area contributed by atoms with Crippen molar-refractivity contribution in [3.63, 3.8) is 0 Å². The first kappa shape index (κ1) is 22.9. The number of halogens is 2. The minimum absolute atomic E-state index is 0.0846. The van der Waals surface area contributed by atoms with Crippen LogP contribution in [0, 0.1) is 13.8 Å². The molecule has 1 aromatic heterocycles. The third kappa shape index (κ3) is 5.91. The second-order valence-corrected chi connectivity index (χ2v) is 9.41. The Balaban J connectivity index is 1.64. The number of hydrogen-bond acceptors (Lipinski definition) is 6. The molecule has 8 heteroatoms. The molecule has 0 unspecified atom stereocenters. The summed E-state index contributed by atoms with van der Waals surface area (Å²) in [6.07, 6.45) is 0. The molecule has 0 spiro atoms. The molecule has 2 aromatic carbocycles. The summed E-state index contributed by atoms with van der Waals surface area (Å²) in [5.74, 6) is 1.13. The van der Waals surface area contributed by atoms with Crippen LogP contribution in [0.15, 0.2) is 41.3 Å². The predicted octanol–water partition coefficient (Wildman–Crippen LogP) is 6.97. The van der Waals surface area contributed by atoms with Crippen molar-refractivity contribution >= 4 is 52.3 Å². The van der Waals surface area contributed by atoms with Crippen LogP contribution in [0.5, 0.6) is 5.75 Å². The lowest BCUT2D eigenvalue weighted by Crippen LogP contribution is -2.14. The highest BCUT2D eigenvalue weighted by Crippen LogP contribution is 2.35. The second-order valence-electron chi connectivity index (χ2n) is 6.47. The van der Waals surface area contributed by atoms with Crippen LogP contribution >= 0.6 is 46.3 Å². The summed E-state index contributed by atoms with van der Waals surface area (Å²) in [5, 5.41) is 1.99. The summed E-state index contributed by atoms with van der Waals surface area (Å²) in [5.41, 5.74) is 2.95. The number of thiazole rings is 1. The number of ether oxygens (including phenoxy) is 2. The summed E-state index contributed by atoms with van der Waals surface area (Å²) in [4.78, 5) is 18.5. The van der Waals surface area contributed by atoms with Crippen molar-refractivity contribution in [1.29, 1.82) is 0 Å². The quantitative estimate of drug-likeness (QED) is 0.256. The van der Waals surface area contributed by atoms with Gasteiger partial charge in [-0.3, -0.25) is 0 Å². The zero-order valence-electron chi connectivity index (χ0n) is 16.8. The SMILES string of the molecule is CCOC(=O)COc1ccc(SCc2sc(-c3ccc(Cl)c(Cl)c3)nc2C)cc1C. The lowest BCUT2D eigenvalue weighted by molar-refractivity contribution is -0.145. The van der Waals surface area contributed by atoms with E-state index >= 15 is 0 Å². The van der Waals surface area contributed by atoms with Gasteiger partial charge in [-0.05, 0) is 56.7 Å². The zero-order valence-corrected chi connectivity index (χ0v) is 20.0. The molecule has 4 nitrogen and oxygen atoms in total. The van der Waals surface area contributed by atoms with E-state index in [4.69, 9.17) is 37.7 Å². The van der Waals surface area contributed by atoms with Crippen LogP contribution in [0.4, 0.5) is 0 Å². The van der Waals surface area contributed by atoms with Crippen LogP contribution in [0.1, 0.15) is 23.1 Å². The first-order chi connectivity index (χ1) is 14.4. The Labute approximate surface area is 194 Å². The lowest BCUT2D eigenvalue weighted by Gasteiger charge is -2.10. The Bertz CT molecular complexity index is 1050. The summed E-state index contributed by atoms with van der Waals surface area (Å²) in [6, 6.07) is 11.5. The maximum atomic E-state index is 11.5. The average molecular weight is 482 g/mol. The Kier molecular flexibility index (Phi) is 8.06. The van der Waals surface area contributed by atoms with Gasteiger partial charge in [0.15, 0.2) is 6.61 Å². The van der Waals surface area contributed by atoms with Gasteiger partial charge >= 0.3 is 5.97 Å². The molecule has 0 atom stereocenters. The van der Waals surface area contributed by atoms with Gasteiger partial charge in [0.1, 0.15) is 10.8 Å². The van der Waals surface area contributed by atoms with E-state index in [1.165, 1.54) is 4.88 Å². The van der Waals surface area contributed by atoms with Crippen molar-refractivity contribution in [2.45, 2.75) is 31.4 Å². The van der Waals surface area contributed by atoms with E-state index in [2.05, 4.69) is 6.07 Å². The highest BCUT2D eigenvalue weighted by Gasteiger charge is 2.12. The molecule has 158 valence electrons. The minimum Gasteiger partial charge on any atom is -0.482 e. The summed E-state index contributed by atoms with van der Waals surface area (Å²) >= 11 is 15.5. The molecule has 0 saturated carbocycles. The van der Waals surface area contributed by atoms with Gasteiger partial charge in [-0.2, -0.15) is 0 Å². The number of carbonyl (C=O) groups excluding carboxylic acids is 1. The number of thioether (sulfide) groups is 1. The molecule has 0 radical (unpaired) electrons. The van der Waals surface area contributed by atoms with E-state index in [1.54, 1.807) is 36.1 Å². The van der Waals surface area contributed by atoms with Crippen LogP contribution in [-0.2, 0) is 15.3 Å². The number of nitrogens with zero attached hydrogens (tertiary/aromatic N) is 1. The van der Waals surface area contributed by atoms with Crippen molar-refractivity contribution in [3.05, 3.63) is 62.6 Å². The fourth-order valence-electron chi connectivity index (χ4n) is 2.68.